The lowest BCUT2D eigenvalue weighted by molar-refractivity contribution is -0.298. The first-order valence-electron chi connectivity index (χ1n) is 17.1. The Morgan fingerprint density at radius 2 is 1.83 bits per heavy atom. The quantitative estimate of drug-likeness (QED) is 0.128. The van der Waals surface area contributed by atoms with Gasteiger partial charge in [-0.25, -0.2) is 4.79 Å². The summed E-state index contributed by atoms with van der Waals surface area (Å²) in [6.45, 7) is 12.4. The Balaban J connectivity index is 1.17. The van der Waals surface area contributed by atoms with Gasteiger partial charge < -0.3 is 38.3 Å². The second-order valence-electron chi connectivity index (χ2n) is 14.7. The third kappa shape index (κ3) is 4.77. The molecule has 1 N–H and O–H groups in total. The van der Waals surface area contributed by atoms with Gasteiger partial charge in [0.1, 0.15) is 18.3 Å². The molecule has 254 valence electrons. The number of likely N-dealkylation sites (tertiary alicyclic amines) is 1. The molecule has 2 spiro atoms. The van der Waals surface area contributed by atoms with Gasteiger partial charge in [0.2, 0.25) is 0 Å². The van der Waals surface area contributed by atoms with Gasteiger partial charge in [0, 0.05) is 49.1 Å². The number of piperidine rings is 1. The highest BCUT2D eigenvalue weighted by molar-refractivity contribution is 5.70. The van der Waals surface area contributed by atoms with Crippen LogP contribution in [0.25, 0.3) is 0 Å². The van der Waals surface area contributed by atoms with E-state index in [0.29, 0.717) is 44.0 Å². The zero-order valence-electron chi connectivity index (χ0n) is 27.9. The number of benzene rings is 1. The smallest absolute Gasteiger partial charge is 0.482 e. The van der Waals surface area contributed by atoms with E-state index in [1.54, 1.807) is 14.2 Å². The Labute approximate surface area is 272 Å². The highest BCUT2D eigenvalue weighted by Crippen LogP contribution is 2.77. The molecule has 4 saturated carbocycles. The third-order valence-corrected chi connectivity index (χ3v) is 12.6. The Morgan fingerprint density at radius 3 is 2.52 bits per heavy atom. The van der Waals surface area contributed by atoms with Crippen molar-refractivity contribution in [2.45, 2.75) is 87.6 Å². The molecule has 5 fully saturated rings. The van der Waals surface area contributed by atoms with Crippen LogP contribution in [-0.2, 0) is 35.5 Å². The van der Waals surface area contributed by atoms with Crippen molar-refractivity contribution in [3.8, 4) is 11.5 Å². The number of hydrogen-bond acceptors (Lipinski definition) is 10. The summed E-state index contributed by atoms with van der Waals surface area (Å²) >= 11 is 0. The topological polar surface area (TPSA) is 105 Å². The molecule has 0 aromatic heterocycles. The lowest BCUT2D eigenvalue weighted by Crippen LogP contribution is -2.82. The summed E-state index contributed by atoms with van der Waals surface area (Å²) in [4.78, 5) is 15.7. The predicted octanol–water partition coefficient (Wildman–Crippen LogP) is 4.43. The minimum Gasteiger partial charge on any atom is -0.482 e. The van der Waals surface area contributed by atoms with Gasteiger partial charge in [-0.15, -0.1) is 0 Å². The molecule has 0 amide bonds. The van der Waals surface area contributed by atoms with E-state index in [2.05, 4.69) is 17.5 Å². The van der Waals surface area contributed by atoms with Crippen molar-refractivity contribution in [3.63, 3.8) is 0 Å². The van der Waals surface area contributed by atoms with Gasteiger partial charge in [-0.1, -0.05) is 12.6 Å². The first kappa shape index (κ1) is 32.3. The van der Waals surface area contributed by atoms with Crippen molar-refractivity contribution in [3.05, 3.63) is 35.4 Å². The van der Waals surface area contributed by atoms with Crippen molar-refractivity contribution in [1.82, 2.24) is 4.90 Å². The molecule has 2 heterocycles. The number of rotatable bonds is 15. The van der Waals surface area contributed by atoms with Crippen LogP contribution < -0.4 is 9.47 Å². The van der Waals surface area contributed by atoms with E-state index in [-0.39, 0.29) is 36.1 Å². The molecule has 7 atom stereocenters. The van der Waals surface area contributed by atoms with E-state index >= 15 is 0 Å². The van der Waals surface area contributed by atoms with Gasteiger partial charge >= 0.3 is 6.16 Å². The van der Waals surface area contributed by atoms with Gasteiger partial charge in [0.25, 0.3) is 0 Å². The fraction of sp³-hybridized carbons (Fsp3) is 0.750. The van der Waals surface area contributed by atoms with E-state index in [9.17, 15) is 9.90 Å². The first-order chi connectivity index (χ1) is 22.1. The van der Waals surface area contributed by atoms with Crippen molar-refractivity contribution in [2.24, 2.45) is 17.3 Å². The van der Waals surface area contributed by atoms with Crippen LogP contribution in [0.4, 0.5) is 4.79 Å². The summed E-state index contributed by atoms with van der Waals surface area (Å²) in [5.74, 6) is 1.62. The summed E-state index contributed by atoms with van der Waals surface area (Å²) in [7, 11) is 3.40. The number of carbonyl (C=O) groups is 1. The van der Waals surface area contributed by atoms with E-state index in [0.717, 1.165) is 56.7 Å². The van der Waals surface area contributed by atoms with E-state index in [1.165, 1.54) is 24.0 Å². The van der Waals surface area contributed by atoms with Gasteiger partial charge in [-0.3, -0.25) is 4.90 Å². The van der Waals surface area contributed by atoms with E-state index in [4.69, 9.17) is 33.2 Å². The highest BCUT2D eigenvalue weighted by Gasteiger charge is 2.82. The minimum absolute atomic E-state index is 0.0661. The van der Waals surface area contributed by atoms with Crippen LogP contribution >= 0.6 is 0 Å². The van der Waals surface area contributed by atoms with Crippen molar-refractivity contribution in [1.29, 1.82) is 0 Å². The second-order valence-corrected chi connectivity index (χ2v) is 14.7. The molecule has 1 aromatic rings. The standard InChI is InChI=1S/C36H51NO9/c1-23(2)33(3,39)27-21-34-10-11-36(27,41-5)31-35(34)12-13-37(22-24-6-7-24)28(34)20-25-8-9-26(30(46-31)29(25)35)45-32(38)44-19-18-43-17-16-42-15-14-40-4/h8-9,24,27-28,31,39H,1,6-7,10-22H2,2-5H3/t27-,28-,31-,33-,34-,35+,36+/m1/s1. The minimum atomic E-state index is -1.12. The Bertz CT molecular complexity index is 1340. The molecule has 1 saturated heterocycles. The molecular weight excluding hydrogens is 590 g/mol. The van der Waals surface area contributed by atoms with Crippen LogP contribution in [0, 0.1) is 17.3 Å². The molecule has 7 aliphatic rings. The predicted molar refractivity (Wildman–Crippen MR) is 169 cm³/mol. The van der Waals surface area contributed by atoms with Crippen LogP contribution in [0.1, 0.15) is 63.5 Å². The Kier molecular flexibility index (Phi) is 8.46. The Hall–Kier alpha value is -2.21. The first-order valence-corrected chi connectivity index (χ1v) is 17.1. The van der Waals surface area contributed by atoms with Gasteiger partial charge in [-0.2, -0.15) is 0 Å². The lowest BCUT2D eigenvalue weighted by atomic mass is 9.33. The fourth-order valence-corrected chi connectivity index (χ4v) is 10.2. The third-order valence-electron chi connectivity index (χ3n) is 12.6. The summed E-state index contributed by atoms with van der Waals surface area (Å²) in [6, 6.07) is 4.34. The molecule has 10 heteroatoms. The molecule has 46 heavy (non-hydrogen) atoms. The van der Waals surface area contributed by atoms with Crippen LogP contribution in [0.2, 0.25) is 0 Å². The summed E-state index contributed by atoms with van der Waals surface area (Å²) in [5, 5.41) is 12.1. The number of carbonyl (C=O) groups excluding carboxylic acids is 1. The number of ether oxygens (including phenoxy) is 7. The normalized spacial score (nSPS) is 34.8. The van der Waals surface area contributed by atoms with Gasteiger partial charge in [0.05, 0.1) is 38.6 Å². The van der Waals surface area contributed by atoms with Crippen LogP contribution in [0.5, 0.6) is 11.5 Å². The molecule has 5 aliphatic carbocycles. The van der Waals surface area contributed by atoms with E-state index < -0.39 is 17.4 Å². The summed E-state index contributed by atoms with van der Waals surface area (Å²) in [5.41, 5.74) is 0.974. The average Bonchev–Trinajstić information content (AvgIpc) is 3.78. The number of hydrogen-bond donors (Lipinski definition) is 1. The van der Waals surface area contributed by atoms with Gasteiger partial charge in [0.15, 0.2) is 11.5 Å². The van der Waals surface area contributed by atoms with E-state index in [1.807, 2.05) is 19.9 Å². The molecule has 4 bridgehead atoms. The van der Waals surface area contributed by atoms with Crippen LogP contribution in [-0.4, -0.2) is 106 Å². The second kappa shape index (κ2) is 12.0. The van der Waals surface area contributed by atoms with Crippen molar-refractivity contribution < 1.29 is 43.1 Å². The average molecular weight is 642 g/mol. The fourth-order valence-electron chi connectivity index (χ4n) is 10.2. The SMILES string of the molecule is C=C(C)[C@@](C)(O)[C@H]1C[C@@]23CC[C@@]1(OC)[C@@H]1Oc4c(OC(=O)OCCOCCOCCOC)ccc5c4[C@@]12CCN(CC1CC1)[C@@H]3C5. The number of fused-ring (bicyclic) bond motifs is 2. The highest BCUT2D eigenvalue weighted by atomic mass is 16.7. The maximum Gasteiger partial charge on any atom is 0.514 e. The largest absolute Gasteiger partial charge is 0.514 e. The number of aliphatic hydroxyl groups is 1. The van der Waals surface area contributed by atoms with Crippen LogP contribution in [0.15, 0.2) is 24.3 Å². The molecular formula is C36H51NO9. The molecule has 10 nitrogen and oxygen atoms in total. The maximum absolute atomic E-state index is 12.9. The monoisotopic (exact) mass is 641 g/mol. The zero-order chi connectivity index (χ0) is 32.3. The lowest BCUT2D eigenvalue weighted by Gasteiger charge is -2.75. The summed E-state index contributed by atoms with van der Waals surface area (Å²) in [6.07, 6.45) is 6.07. The van der Waals surface area contributed by atoms with Crippen molar-refractivity contribution >= 4 is 6.16 Å². The van der Waals surface area contributed by atoms with Crippen LogP contribution in [0.3, 0.4) is 0 Å². The molecule has 0 radical (unpaired) electrons. The molecule has 1 aromatic carbocycles. The maximum atomic E-state index is 12.9. The zero-order valence-corrected chi connectivity index (χ0v) is 27.9. The number of nitrogens with zero attached hydrogens (tertiary/aromatic N) is 1. The summed E-state index contributed by atoms with van der Waals surface area (Å²) < 4.78 is 40.8. The molecule has 2 aliphatic heterocycles. The molecule has 8 rings (SSSR count). The van der Waals surface area contributed by atoms with Gasteiger partial charge in [-0.05, 0) is 88.5 Å². The van der Waals surface area contributed by atoms with Crippen molar-refractivity contribution in [2.75, 3.05) is 67.0 Å². The molecule has 0 unspecified atom stereocenters. The Morgan fingerprint density at radius 1 is 1.09 bits per heavy atom. The number of methoxy groups -OCH3 is 2.